The van der Waals surface area contributed by atoms with Crippen LogP contribution in [0.25, 0.3) is 10.9 Å². The van der Waals surface area contributed by atoms with Gasteiger partial charge in [-0.25, -0.2) is 5.43 Å². The van der Waals surface area contributed by atoms with Crippen LogP contribution in [0.1, 0.15) is 15.9 Å². The third-order valence-electron chi connectivity index (χ3n) is 3.42. The molecule has 22 heavy (non-hydrogen) atoms. The topological polar surface area (TPSA) is 46.4 Å². The molecule has 5 heteroatoms. The number of halogens is 1. The first-order valence-electron chi connectivity index (χ1n) is 6.79. The van der Waals surface area contributed by atoms with Crippen LogP contribution in [0.4, 0.5) is 0 Å². The molecule has 0 bridgehead atoms. The van der Waals surface area contributed by atoms with Crippen LogP contribution in [0.2, 0.25) is 0 Å². The molecule has 0 saturated heterocycles. The SMILES string of the molecule is Cn1cc(C(=O)NN=Cc2ccccc2Br)c2ccccc21. The molecule has 110 valence electrons. The Bertz CT molecular complexity index is 867. The molecule has 0 saturated carbocycles. The van der Waals surface area contributed by atoms with Crippen molar-refractivity contribution in [2.45, 2.75) is 0 Å². The first-order valence-corrected chi connectivity index (χ1v) is 7.58. The molecule has 0 fully saturated rings. The zero-order chi connectivity index (χ0) is 15.5. The molecule has 3 rings (SSSR count). The maximum atomic E-state index is 12.3. The number of hydrogen-bond donors (Lipinski definition) is 1. The van der Waals surface area contributed by atoms with Gasteiger partial charge in [0.15, 0.2) is 0 Å². The quantitative estimate of drug-likeness (QED) is 0.565. The molecule has 1 aromatic heterocycles. The monoisotopic (exact) mass is 355 g/mol. The van der Waals surface area contributed by atoms with Gasteiger partial charge in [-0.05, 0) is 12.1 Å². The van der Waals surface area contributed by atoms with E-state index in [1.165, 1.54) is 0 Å². The lowest BCUT2D eigenvalue weighted by Gasteiger charge is -1.99. The van der Waals surface area contributed by atoms with Crippen LogP contribution >= 0.6 is 15.9 Å². The first kappa shape index (κ1) is 14.5. The third kappa shape index (κ3) is 2.80. The second-order valence-electron chi connectivity index (χ2n) is 4.89. The highest BCUT2D eigenvalue weighted by Crippen LogP contribution is 2.20. The molecule has 1 heterocycles. The highest BCUT2D eigenvalue weighted by atomic mass is 79.9. The maximum absolute atomic E-state index is 12.3. The first-order chi connectivity index (χ1) is 10.7. The van der Waals surface area contributed by atoms with Crippen LogP contribution in [0, 0.1) is 0 Å². The van der Waals surface area contributed by atoms with Gasteiger partial charge in [-0.15, -0.1) is 0 Å². The van der Waals surface area contributed by atoms with E-state index in [4.69, 9.17) is 0 Å². The Morgan fingerprint density at radius 2 is 1.91 bits per heavy atom. The summed E-state index contributed by atoms with van der Waals surface area (Å²) in [5.41, 5.74) is 5.11. The fourth-order valence-electron chi connectivity index (χ4n) is 2.32. The van der Waals surface area contributed by atoms with E-state index in [1.54, 1.807) is 6.21 Å². The molecule has 2 aromatic carbocycles. The van der Waals surface area contributed by atoms with Crippen molar-refractivity contribution in [1.82, 2.24) is 9.99 Å². The fraction of sp³-hybridized carbons (Fsp3) is 0.0588. The Labute approximate surface area is 136 Å². The fourth-order valence-corrected chi connectivity index (χ4v) is 2.71. The van der Waals surface area contributed by atoms with Crippen LogP contribution < -0.4 is 5.43 Å². The average molecular weight is 356 g/mol. The summed E-state index contributed by atoms with van der Waals surface area (Å²) >= 11 is 3.44. The van der Waals surface area contributed by atoms with E-state index in [0.29, 0.717) is 5.56 Å². The number of fused-ring (bicyclic) bond motifs is 1. The van der Waals surface area contributed by atoms with Crippen LogP contribution in [-0.4, -0.2) is 16.7 Å². The predicted molar refractivity (Wildman–Crippen MR) is 92.1 cm³/mol. The predicted octanol–water partition coefficient (Wildman–Crippen LogP) is 3.70. The molecule has 0 unspecified atom stereocenters. The summed E-state index contributed by atoms with van der Waals surface area (Å²) in [6.07, 6.45) is 3.43. The van der Waals surface area contributed by atoms with Gasteiger partial charge in [0.1, 0.15) is 0 Å². The minimum atomic E-state index is -0.222. The lowest BCUT2D eigenvalue weighted by Crippen LogP contribution is -2.17. The smallest absolute Gasteiger partial charge is 0.273 e. The van der Waals surface area contributed by atoms with E-state index in [9.17, 15) is 4.79 Å². The summed E-state index contributed by atoms with van der Waals surface area (Å²) in [7, 11) is 1.92. The number of nitrogens with zero attached hydrogens (tertiary/aromatic N) is 2. The number of nitrogens with one attached hydrogen (secondary N) is 1. The van der Waals surface area contributed by atoms with Gasteiger partial charge in [-0.2, -0.15) is 5.10 Å². The Balaban J connectivity index is 1.81. The summed E-state index contributed by atoms with van der Waals surface area (Å²) in [4.78, 5) is 12.3. The maximum Gasteiger partial charge on any atom is 0.273 e. The Morgan fingerprint density at radius 1 is 1.18 bits per heavy atom. The molecule has 1 amide bonds. The number of rotatable bonds is 3. The van der Waals surface area contributed by atoms with Gasteiger partial charge in [0.25, 0.3) is 5.91 Å². The van der Waals surface area contributed by atoms with Crippen molar-refractivity contribution in [3.8, 4) is 0 Å². The van der Waals surface area contributed by atoms with Crippen molar-refractivity contribution < 1.29 is 4.79 Å². The van der Waals surface area contributed by atoms with Gasteiger partial charge < -0.3 is 4.57 Å². The lowest BCUT2D eigenvalue weighted by atomic mass is 10.2. The molecule has 0 aliphatic rings. The summed E-state index contributed by atoms with van der Waals surface area (Å²) < 4.78 is 2.86. The van der Waals surface area contributed by atoms with E-state index in [1.807, 2.05) is 66.3 Å². The minimum Gasteiger partial charge on any atom is -0.350 e. The summed E-state index contributed by atoms with van der Waals surface area (Å²) in [6.45, 7) is 0. The Kier molecular flexibility index (Phi) is 4.06. The normalized spacial score (nSPS) is 11.2. The lowest BCUT2D eigenvalue weighted by molar-refractivity contribution is 0.0956. The average Bonchev–Trinajstić information content (AvgIpc) is 2.87. The number of carbonyl (C=O) groups excluding carboxylic acids is 1. The van der Waals surface area contributed by atoms with Gasteiger partial charge in [0.05, 0.1) is 11.8 Å². The highest BCUT2D eigenvalue weighted by Gasteiger charge is 2.12. The molecule has 0 aliphatic carbocycles. The third-order valence-corrected chi connectivity index (χ3v) is 4.14. The van der Waals surface area contributed by atoms with Gasteiger partial charge >= 0.3 is 0 Å². The zero-order valence-electron chi connectivity index (χ0n) is 12.0. The Morgan fingerprint density at radius 3 is 2.73 bits per heavy atom. The van der Waals surface area contributed by atoms with Crippen molar-refractivity contribution in [3.63, 3.8) is 0 Å². The standard InChI is InChI=1S/C17H14BrN3O/c1-21-11-14(13-7-3-5-9-16(13)21)17(22)20-19-10-12-6-2-4-8-15(12)18/h2-11H,1H3,(H,20,22). The van der Waals surface area contributed by atoms with Crippen molar-refractivity contribution in [3.05, 3.63) is 70.3 Å². The molecular weight excluding hydrogens is 342 g/mol. The number of hydrazone groups is 1. The second-order valence-corrected chi connectivity index (χ2v) is 5.75. The molecule has 0 aliphatic heterocycles. The second kappa shape index (κ2) is 6.15. The molecule has 0 spiro atoms. The number of aryl methyl sites for hydroxylation is 1. The summed E-state index contributed by atoms with van der Waals surface area (Å²) in [5, 5.41) is 4.95. The van der Waals surface area contributed by atoms with Crippen molar-refractivity contribution in [2.75, 3.05) is 0 Å². The number of benzene rings is 2. The van der Waals surface area contributed by atoms with Crippen molar-refractivity contribution in [2.24, 2.45) is 12.1 Å². The van der Waals surface area contributed by atoms with E-state index >= 15 is 0 Å². The van der Waals surface area contributed by atoms with Gasteiger partial charge in [-0.1, -0.05) is 52.3 Å². The number of hydrogen-bond acceptors (Lipinski definition) is 2. The van der Waals surface area contributed by atoms with Gasteiger partial charge in [0, 0.05) is 34.2 Å². The molecular formula is C17H14BrN3O. The van der Waals surface area contributed by atoms with Gasteiger partial charge in [-0.3, -0.25) is 4.79 Å². The number of aromatic nitrogens is 1. The van der Waals surface area contributed by atoms with Crippen LogP contribution in [0.15, 0.2) is 64.3 Å². The molecule has 0 radical (unpaired) electrons. The molecule has 1 N–H and O–H groups in total. The highest BCUT2D eigenvalue weighted by molar-refractivity contribution is 9.10. The van der Waals surface area contributed by atoms with E-state index in [2.05, 4.69) is 26.5 Å². The van der Waals surface area contributed by atoms with Crippen molar-refractivity contribution in [1.29, 1.82) is 0 Å². The summed E-state index contributed by atoms with van der Waals surface area (Å²) in [5.74, 6) is -0.222. The van der Waals surface area contributed by atoms with E-state index in [0.717, 1.165) is 20.9 Å². The van der Waals surface area contributed by atoms with E-state index in [-0.39, 0.29) is 5.91 Å². The van der Waals surface area contributed by atoms with Crippen LogP contribution in [-0.2, 0) is 7.05 Å². The number of amides is 1. The van der Waals surface area contributed by atoms with Crippen molar-refractivity contribution >= 4 is 39.0 Å². The van der Waals surface area contributed by atoms with Crippen LogP contribution in [0.3, 0.4) is 0 Å². The summed E-state index contributed by atoms with van der Waals surface area (Å²) in [6, 6.07) is 15.5. The number of carbonyl (C=O) groups is 1. The molecule has 0 atom stereocenters. The molecule has 4 nitrogen and oxygen atoms in total. The van der Waals surface area contributed by atoms with Gasteiger partial charge in [0.2, 0.25) is 0 Å². The number of para-hydroxylation sites is 1. The van der Waals surface area contributed by atoms with Crippen LogP contribution in [0.5, 0.6) is 0 Å². The molecule has 3 aromatic rings. The minimum absolute atomic E-state index is 0.222. The van der Waals surface area contributed by atoms with E-state index < -0.39 is 0 Å². The largest absolute Gasteiger partial charge is 0.350 e. The Hall–Kier alpha value is -2.40. The zero-order valence-corrected chi connectivity index (χ0v) is 13.5.